The molecule has 40 heavy (non-hydrogen) atoms. The number of para-hydroxylation sites is 1. The second kappa shape index (κ2) is 12.6. The van der Waals surface area contributed by atoms with E-state index >= 15 is 0 Å². The van der Waals surface area contributed by atoms with Gasteiger partial charge in [-0.05, 0) is 55.1 Å². The quantitative estimate of drug-likeness (QED) is 0.373. The van der Waals surface area contributed by atoms with Crippen LogP contribution in [0.4, 0.5) is 5.69 Å². The minimum Gasteiger partial charge on any atom is -0.488 e. The third kappa shape index (κ3) is 6.09. The van der Waals surface area contributed by atoms with Crippen LogP contribution >= 0.6 is 11.8 Å². The summed E-state index contributed by atoms with van der Waals surface area (Å²) in [6.45, 7) is 4.79. The van der Waals surface area contributed by atoms with E-state index in [0.29, 0.717) is 65.5 Å². The molecule has 202 valence electrons. The zero-order valence-corrected chi connectivity index (χ0v) is 22.9. The number of thioether (sulfide) groups is 1. The van der Waals surface area contributed by atoms with Crippen molar-refractivity contribution >= 4 is 40.5 Å². The van der Waals surface area contributed by atoms with E-state index in [1.807, 2.05) is 61.5 Å². The van der Waals surface area contributed by atoms with Crippen LogP contribution in [0.2, 0.25) is 0 Å². The smallest absolute Gasteiger partial charge is 0.266 e. The summed E-state index contributed by atoms with van der Waals surface area (Å²) in [5, 5.41) is 9.93. The molecule has 0 aromatic heterocycles. The fourth-order valence-corrected chi connectivity index (χ4v) is 5.47. The van der Waals surface area contributed by atoms with Crippen molar-refractivity contribution in [2.24, 2.45) is 4.99 Å². The van der Waals surface area contributed by atoms with Gasteiger partial charge in [0.25, 0.3) is 11.8 Å². The number of carbonyl (C=O) groups excluding carboxylic acids is 2. The van der Waals surface area contributed by atoms with Gasteiger partial charge >= 0.3 is 0 Å². The molecule has 2 saturated heterocycles. The molecule has 2 heterocycles. The van der Waals surface area contributed by atoms with E-state index in [4.69, 9.17) is 14.5 Å². The van der Waals surface area contributed by atoms with E-state index in [-0.39, 0.29) is 18.4 Å². The number of benzene rings is 3. The molecule has 2 aliphatic rings. The summed E-state index contributed by atoms with van der Waals surface area (Å²) in [5.74, 6) is 0.415. The second-order valence-electron chi connectivity index (χ2n) is 9.10. The van der Waals surface area contributed by atoms with E-state index in [1.54, 1.807) is 34.1 Å². The Morgan fingerprint density at radius 3 is 2.67 bits per heavy atom. The number of amides is 2. The van der Waals surface area contributed by atoms with Crippen LogP contribution in [0.1, 0.15) is 34.0 Å². The molecule has 0 radical (unpaired) electrons. The molecule has 0 atom stereocenters. The molecule has 3 aromatic carbocycles. The standard InChI is InChI=1S/C31H28N4O4S/c1-2-35-30(37)28(19-22-8-5-6-13-27(22)39-21-25-10-4-3-9-24(25)20-32)40-31(35)33-26-12-7-11-23(18-26)29(36)34-14-16-38-17-15-34/h3-13,18-19H,2,14-17,21H2,1H3/b28-19+,33-31?. The Hall–Kier alpha value is -4.39. The van der Waals surface area contributed by atoms with Crippen molar-refractivity contribution in [3.8, 4) is 11.8 Å². The minimum absolute atomic E-state index is 0.0533. The first-order valence-corrected chi connectivity index (χ1v) is 13.9. The lowest BCUT2D eigenvalue weighted by Gasteiger charge is -2.26. The zero-order chi connectivity index (χ0) is 27.9. The fraction of sp³-hybridized carbons (Fsp3) is 0.226. The van der Waals surface area contributed by atoms with Gasteiger partial charge in [-0.3, -0.25) is 14.5 Å². The van der Waals surface area contributed by atoms with Gasteiger partial charge in [0.05, 0.1) is 35.4 Å². The van der Waals surface area contributed by atoms with Crippen LogP contribution in [0, 0.1) is 11.3 Å². The molecule has 2 fully saturated rings. The lowest BCUT2D eigenvalue weighted by molar-refractivity contribution is -0.122. The predicted molar refractivity (Wildman–Crippen MR) is 155 cm³/mol. The maximum Gasteiger partial charge on any atom is 0.266 e. The molecule has 0 saturated carbocycles. The first-order valence-electron chi connectivity index (χ1n) is 13.0. The molecule has 0 spiro atoms. The summed E-state index contributed by atoms with van der Waals surface area (Å²) < 4.78 is 11.4. The minimum atomic E-state index is -0.142. The number of carbonyl (C=O) groups is 2. The summed E-state index contributed by atoms with van der Waals surface area (Å²) in [5.41, 5.74) is 3.27. The molecule has 2 amide bonds. The molecular formula is C31H28N4O4S. The van der Waals surface area contributed by atoms with E-state index in [1.165, 1.54) is 11.8 Å². The number of hydrogen-bond donors (Lipinski definition) is 0. The van der Waals surface area contributed by atoms with E-state index < -0.39 is 0 Å². The van der Waals surface area contributed by atoms with Crippen molar-refractivity contribution in [1.82, 2.24) is 9.80 Å². The number of aliphatic imine (C=N–C) groups is 1. The molecule has 0 aliphatic carbocycles. The molecule has 5 rings (SSSR count). The molecule has 0 bridgehead atoms. The van der Waals surface area contributed by atoms with Gasteiger partial charge in [0.2, 0.25) is 0 Å². The Labute approximate surface area is 237 Å². The highest BCUT2D eigenvalue weighted by atomic mass is 32.2. The lowest BCUT2D eigenvalue weighted by Crippen LogP contribution is -2.40. The molecule has 0 unspecified atom stereocenters. The average Bonchev–Trinajstić information content (AvgIpc) is 3.29. The van der Waals surface area contributed by atoms with Crippen LogP contribution in [-0.4, -0.2) is 59.6 Å². The van der Waals surface area contributed by atoms with Crippen molar-refractivity contribution in [3.63, 3.8) is 0 Å². The normalized spacial score (nSPS) is 17.4. The Morgan fingerprint density at radius 2 is 1.88 bits per heavy atom. The van der Waals surface area contributed by atoms with Crippen molar-refractivity contribution < 1.29 is 19.1 Å². The number of amidine groups is 1. The number of likely N-dealkylation sites (N-methyl/N-ethyl adjacent to an activating group) is 1. The van der Waals surface area contributed by atoms with Crippen molar-refractivity contribution in [2.75, 3.05) is 32.8 Å². The fourth-order valence-electron chi connectivity index (χ4n) is 4.42. The maximum absolute atomic E-state index is 13.3. The summed E-state index contributed by atoms with van der Waals surface area (Å²) in [4.78, 5) is 34.9. The average molecular weight is 553 g/mol. The SMILES string of the molecule is CCN1C(=O)/C(=C\c2ccccc2OCc2ccccc2C#N)SC1=Nc1cccc(C(=O)N2CCOCC2)c1. The highest BCUT2D eigenvalue weighted by Crippen LogP contribution is 2.35. The Morgan fingerprint density at radius 1 is 1.10 bits per heavy atom. The van der Waals surface area contributed by atoms with Crippen LogP contribution in [0.25, 0.3) is 6.08 Å². The molecule has 3 aromatic rings. The summed E-state index contributed by atoms with van der Waals surface area (Å²) in [7, 11) is 0. The van der Waals surface area contributed by atoms with Crippen LogP contribution < -0.4 is 4.74 Å². The molecule has 0 N–H and O–H groups in total. The van der Waals surface area contributed by atoms with Gasteiger partial charge in [-0.25, -0.2) is 4.99 Å². The van der Waals surface area contributed by atoms with Gasteiger partial charge in [-0.1, -0.05) is 42.5 Å². The number of morpholine rings is 1. The van der Waals surface area contributed by atoms with E-state index in [2.05, 4.69) is 6.07 Å². The van der Waals surface area contributed by atoms with Crippen LogP contribution in [-0.2, 0) is 16.1 Å². The lowest BCUT2D eigenvalue weighted by atomic mass is 10.1. The summed E-state index contributed by atoms with van der Waals surface area (Å²) in [6.07, 6.45) is 1.81. The van der Waals surface area contributed by atoms with Gasteiger partial charge in [-0.15, -0.1) is 0 Å². The second-order valence-corrected chi connectivity index (χ2v) is 10.1. The van der Waals surface area contributed by atoms with Gasteiger partial charge in [0.1, 0.15) is 12.4 Å². The Kier molecular flexibility index (Phi) is 8.59. The molecular weight excluding hydrogens is 524 g/mol. The first-order chi connectivity index (χ1) is 19.6. The first kappa shape index (κ1) is 27.2. The number of nitriles is 1. The number of rotatable bonds is 7. The van der Waals surface area contributed by atoms with Crippen molar-refractivity contribution in [2.45, 2.75) is 13.5 Å². The monoisotopic (exact) mass is 552 g/mol. The van der Waals surface area contributed by atoms with Crippen LogP contribution in [0.5, 0.6) is 5.75 Å². The molecule has 9 heteroatoms. The number of ether oxygens (including phenoxy) is 2. The summed E-state index contributed by atoms with van der Waals surface area (Å²) >= 11 is 1.29. The Bertz CT molecular complexity index is 1520. The molecule has 8 nitrogen and oxygen atoms in total. The largest absolute Gasteiger partial charge is 0.488 e. The third-order valence-corrected chi connectivity index (χ3v) is 7.55. The van der Waals surface area contributed by atoms with Crippen molar-refractivity contribution in [3.05, 3.63) is 100.0 Å². The van der Waals surface area contributed by atoms with Crippen LogP contribution in [0.3, 0.4) is 0 Å². The van der Waals surface area contributed by atoms with E-state index in [9.17, 15) is 14.9 Å². The summed E-state index contributed by atoms with van der Waals surface area (Å²) in [6, 6.07) is 24.2. The van der Waals surface area contributed by atoms with E-state index in [0.717, 1.165) is 11.1 Å². The zero-order valence-electron chi connectivity index (χ0n) is 22.1. The highest BCUT2D eigenvalue weighted by molar-refractivity contribution is 8.18. The third-order valence-electron chi connectivity index (χ3n) is 6.55. The van der Waals surface area contributed by atoms with Gasteiger partial charge in [0, 0.05) is 36.3 Å². The molecule has 2 aliphatic heterocycles. The number of hydrogen-bond acceptors (Lipinski definition) is 7. The van der Waals surface area contributed by atoms with Gasteiger partial charge in [-0.2, -0.15) is 5.26 Å². The highest BCUT2D eigenvalue weighted by Gasteiger charge is 2.32. The predicted octanol–water partition coefficient (Wildman–Crippen LogP) is 5.23. The number of nitrogens with zero attached hydrogens (tertiary/aromatic N) is 4. The maximum atomic E-state index is 13.3. The Balaban J connectivity index is 1.37. The van der Waals surface area contributed by atoms with Gasteiger partial charge < -0.3 is 14.4 Å². The topological polar surface area (TPSA) is 95.2 Å². The van der Waals surface area contributed by atoms with Crippen molar-refractivity contribution in [1.29, 1.82) is 5.26 Å². The van der Waals surface area contributed by atoms with Crippen LogP contribution in [0.15, 0.2) is 82.7 Å². The van der Waals surface area contributed by atoms with Gasteiger partial charge in [0.15, 0.2) is 5.17 Å².